The van der Waals surface area contributed by atoms with Gasteiger partial charge in [0, 0.05) is 26.2 Å². The summed E-state index contributed by atoms with van der Waals surface area (Å²) in [6.45, 7) is 8.16. The van der Waals surface area contributed by atoms with Crippen LogP contribution in [0, 0.1) is 0 Å². The van der Waals surface area contributed by atoms with E-state index in [0.717, 1.165) is 39.3 Å². The number of carbonyl (C=O) groups excluding carboxylic acids is 2. The second kappa shape index (κ2) is 5.98. The highest BCUT2D eigenvalue weighted by Gasteiger charge is 2.40. The predicted molar refractivity (Wildman–Crippen MR) is 68.6 cm³/mol. The van der Waals surface area contributed by atoms with Crippen molar-refractivity contribution in [3.63, 3.8) is 0 Å². The van der Waals surface area contributed by atoms with E-state index in [2.05, 4.69) is 4.90 Å². The molecule has 0 spiro atoms. The first-order valence-corrected chi connectivity index (χ1v) is 6.79. The topological polar surface area (TPSA) is 59.1 Å². The van der Waals surface area contributed by atoms with Gasteiger partial charge in [0.2, 0.25) is 0 Å². The zero-order valence-electron chi connectivity index (χ0n) is 11.7. The van der Waals surface area contributed by atoms with Crippen LogP contribution >= 0.6 is 0 Å². The van der Waals surface area contributed by atoms with Gasteiger partial charge in [-0.2, -0.15) is 0 Å². The van der Waals surface area contributed by atoms with Crippen molar-refractivity contribution in [1.82, 2.24) is 9.80 Å². The number of hydrogen-bond donors (Lipinski definition) is 0. The van der Waals surface area contributed by atoms with Gasteiger partial charge in [-0.25, -0.2) is 0 Å². The van der Waals surface area contributed by atoms with Crippen molar-refractivity contribution in [2.45, 2.75) is 25.9 Å². The third kappa shape index (κ3) is 3.52. The molecule has 0 radical (unpaired) electrons. The number of ether oxygens (including phenoxy) is 2. The van der Waals surface area contributed by atoms with Crippen LogP contribution in [0.15, 0.2) is 0 Å². The van der Waals surface area contributed by atoms with Crippen LogP contribution in [0.3, 0.4) is 0 Å². The molecule has 0 N–H and O–H groups in total. The number of nitrogens with zero attached hydrogens (tertiary/aromatic N) is 2. The Kier molecular flexibility index (Phi) is 4.54. The minimum absolute atomic E-state index is 0.00368. The van der Waals surface area contributed by atoms with Crippen LogP contribution in [0.25, 0.3) is 0 Å². The van der Waals surface area contributed by atoms with E-state index in [1.165, 1.54) is 4.90 Å². The Labute approximate surface area is 113 Å². The third-order valence-corrected chi connectivity index (χ3v) is 3.58. The van der Waals surface area contributed by atoms with E-state index in [1.54, 1.807) is 13.8 Å². The molecule has 2 rings (SSSR count). The molecule has 19 heavy (non-hydrogen) atoms. The van der Waals surface area contributed by atoms with Crippen LogP contribution < -0.4 is 0 Å². The number of amides is 2. The maximum Gasteiger partial charge on any atom is 0.260 e. The Bertz CT molecular complexity index is 351. The molecule has 2 heterocycles. The highest BCUT2D eigenvalue weighted by Crippen LogP contribution is 2.19. The zero-order chi connectivity index (χ0) is 13.9. The van der Waals surface area contributed by atoms with Crippen molar-refractivity contribution in [3.05, 3.63) is 0 Å². The molecular formula is C13H22N2O4. The molecule has 6 nitrogen and oxygen atoms in total. The Morgan fingerprint density at radius 3 is 2.53 bits per heavy atom. The molecule has 2 aliphatic heterocycles. The highest BCUT2D eigenvalue weighted by atomic mass is 16.5. The van der Waals surface area contributed by atoms with Crippen molar-refractivity contribution >= 4 is 11.8 Å². The number of imide groups is 1. The molecule has 0 aromatic rings. The lowest BCUT2D eigenvalue weighted by Gasteiger charge is -2.36. The smallest absolute Gasteiger partial charge is 0.260 e. The Hall–Kier alpha value is -0.980. The first kappa shape index (κ1) is 14.4. The summed E-state index contributed by atoms with van der Waals surface area (Å²) in [6, 6.07) is 0. The van der Waals surface area contributed by atoms with E-state index in [4.69, 9.17) is 9.47 Å². The summed E-state index contributed by atoms with van der Waals surface area (Å²) in [5.41, 5.74) is -0.882. The van der Waals surface area contributed by atoms with Gasteiger partial charge in [-0.3, -0.25) is 19.4 Å². The molecule has 0 aliphatic carbocycles. The molecule has 0 aromatic heterocycles. The zero-order valence-corrected chi connectivity index (χ0v) is 11.7. The maximum atomic E-state index is 12.1. The highest BCUT2D eigenvalue weighted by molar-refractivity contribution is 6.01. The largest absolute Gasteiger partial charge is 0.379 e. The van der Waals surface area contributed by atoms with Crippen LogP contribution in [0.5, 0.6) is 0 Å². The fourth-order valence-electron chi connectivity index (χ4n) is 2.32. The van der Waals surface area contributed by atoms with Crippen LogP contribution in [0.2, 0.25) is 0 Å². The van der Waals surface area contributed by atoms with E-state index in [9.17, 15) is 9.59 Å². The number of hydrogen-bond acceptors (Lipinski definition) is 5. The van der Waals surface area contributed by atoms with Crippen LogP contribution in [-0.4, -0.2) is 73.2 Å². The van der Waals surface area contributed by atoms with Crippen LogP contribution in [0.1, 0.15) is 20.3 Å². The fourth-order valence-corrected chi connectivity index (χ4v) is 2.32. The summed E-state index contributed by atoms with van der Waals surface area (Å²) in [4.78, 5) is 27.4. The molecular weight excluding hydrogens is 248 g/mol. The lowest BCUT2D eigenvalue weighted by molar-refractivity contribution is -0.176. The van der Waals surface area contributed by atoms with Crippen LogP contribution in [0.4, 0.5) is 0 Å². The SMILES string of the molecule is CC1(C)OCC(=O)N(CCCN2CCOCC2)C1=O. The van der Waals surface area contributed by atoms with Gasteiger partial charge in [-0.05, 0) is 20.3 Å². The van der Waals surface area contributed by atoms with E-state index in [0.29, 0.717) is 6.54 Å². The van der Waals surface area contributed by atoms with Gasteiger partial charge >= 0.3 is 0 Å². The Balaban J connectivity index is 1.80. The van der Waals surface area contributed by atoms with E-state index in [-0.39, 0.29) is 18.4 Å². The fraction of sp³-hybridized carbons (Fsp3) is 0.846. The molecule has 0 saturated carbocycles. The van der Waals surface area contributed by atoms with Gasteiger partial charge in [0.1, 0.15) is 12.2 Å². The monoisotopic (exact) mass is 270 g/mol. The standard InChI is InChI=1S/C13H22N2O4/c1-13(2)12(17)15(11(16)10-19-13)5-3-4-14-6-8-18-9-7-14/h3-10H2,1-2H3. The van der Waals surface area contributed by atoms with Crippen molar-refractivity contribution in [2.24, 2.45) is 0 Å². The molecule has 0 atom stereocenters. The molecule has 2 fully saturated rings. The van der Waals surface area contributed by atoms with Crippen molar-refractivity contribution in [2.75, 3.05) is 46.0 Å². The maximum absolute atomic E-state index is 12.1. The lowest BCUT2D eigenvalue weighted by Crippen LogP contribution is -2.56. The molecule has 6 heteroatoms. The van der Waals surface area contributed by atoms with Gasteiger partial charge < -0.3 is 9.47 Å². The Morgan fingerprint density at radius 2 is 1.84 bits per heavy atom. The van der Waals surface area contributed by atoms with Gasteiger partial charge in [0.25, 0.3) is 11.8 Å². The molecule has 0 unspecified atom stereocenters. The van der Waals surface area contributed by atoms with Gasteiger partial charge in [-0.15, -0.1) is 0 Å². The molecule has 2 aliphatic rings. The summed E-state index contributed by atoms with van der Waals surface area (Å²) >= 11 is 0. The quantitative estimate of drug-likeness (QED) is 0.666. The van der Waals surface area contributed by atoms with Crippen molar-refractivity contribution < 1.29 is 19.1 Å². The second-order valence-corrected chi connectivity index (χ2v) is 5.46. The third-order valence-electron chi connectivity index (χ3n) is 3.58. The average molecular weight is 270 g/mol. The van der Waals surface area contributed by atoms with Crippen LogP contribution in [-0.2, 0) is 19.1 Å². The summed E-state index contributed by atoms with van der Waals surface area (Å²) < 4.78 is 10.5. The number of rotatable bonds is 4. The first-order valence-electron chi connectivity index (χ1n) is 6.79. The summed E-state index contributed by atoms with van der Waals surface area (Å²) in [6.07, 6.45) is 0.799. The summed E-state index contributed by atoms with van der Waals surface area (Å²) in [7, 11) is 0. The molecule has 2 amide bonds. The van der Waals surface area contributed by atoms with E-state index in [1.807, 2.05) is 0 Å². The average Bonchev–Trinajstić information content (AvgIpc) is 2.40. The number of morpholine rings is 2. The molecule has 0 bridgehead atoms. The number of carbonyl (C=O) groups is 2. The second-order valence-electron chi connectivity index (χ2n) is 5.46. The van der Waals surface area contributed by atoms with E-state index < -0.39 is 5.60 Å². The normalized spacial score (nSPS) is 24.8. The van der Waals surface area contributed by atoms with Crippen molar-refractivity contribution in [3.8, 4) is 0 Å². The molecule has 0 aromatic carbocycles. The minimum atomic E-state index is -0.882. The lowest BCUT2D eigenvalue weighted by atomic mass is 10.1. The minimum Gasteiger partial charge on any atom is -0.379 e. The first-order chi connectivity index (χ1) is 9.00. The summed E-state index contributed by atoms with van der Waals surface area (Å²) in [5.74, 6) is -0.461. The summed E-state index contributed by atoms with van der Waals surface area (Å²) in [5, 5.41) is 0. The molecule has 108 valence electrons. The molecule has 2 saturated heterocycles. The Morgan fingerprint density at radius 1 is 1.16 bits per heavy atom. The van der Waals surface area contributed by atoms with Gasteiger partial charge in [0.15, 0.2) is 0 Å². The van der Waals surface area contributed by atoms with Crippen molar-refractivity contribution in [1.29, 1.82) is 0 Å². The van der Waals surface area contributed by atoms with Gasteiger partial charge in [-0.1, -0.05) is 0 Å². The van der Waals surface area contributed by atoms with E-state index >= 15 is 0 Å². The van der Waals surface area contributed by atoms with Gasteiger partial charge in [0.05, 0.1) is 13.2 Å². The predicted octanol–water partition coefficient (Wildman–Crippen LogP) is -0.127.